The van der Waals surface area contributed by atoms with Crippen LogP contribution in [-0.2, 0) is 4.74 Å². The number of rotatable bonds is 3. The first-order valence-corrected chi connectivity index (χ1v) is 7.41. The van der Waals surface area contributed by atoms with Crippen LogP contribution in [0.2, 0.25) is 0 Å². The Morgan fingerprint density at radius 1 is 1.30 bits per heavy atom. The smallest absolute Gasteiger partial charge is 0.0606 e. The number of hydrogen-bond acceptors (Lipinski definition) is 4. The molecular formula is C16H24N2O2. The third-order valence-electron chi connectivity index (χ3n) is 4.67. The summed E-state index contributed by atoms with van der Waals surface area (Å²) in [5.41, 5.74) is 2.48. The lowest BCUT2D eigenvalue weighted by Gasteiger charge is -2.45. The second-order valence-corrected chi connectivity index (χ2v) is 6.33. The van der Waals surface area contributed by atoms with Crippen molar-refractivity contribution in [2.45, 2.75) is 19.4 Å². The molecule has 0 spiro atoms. The van der Waals surface area contributed by atoms with E-state index in [4.69, 9.17) is 4.74 Å². The molecule has 4 heteroatoms. The molecule has 0 aliphatic carbocycles. The predicted molar refractivity (Wildman–Crippen MR) is 81.5 cm³/mol. The van der Waals surface area contributed by atoms with Gasteiger partial charge in [0.1, 0.15) is 0 Å². The molecule has 1 saturated heterocycles. The van der Waals surface area contributed by atoms with E-state index >= 15 is 0 Å². The van der Waals surface area contributed by atoms with E-state index in [-0.39, 0.29) is 12.0 Å². The number of fused-ring (bicyclic) bond motifs is 1. The third-order valence-corrected chi connectivity index (χ3v) is 4.67. The van der Waals surface area contributed by atoms with Gasteiger partial charge >= 0.3 is 0 Å². The number of para-hydroxylation sites is 2. The largest absolute Gasteiger partial charge is 0.396 e. The van der Waals surface area contributed by atoms with Crippen molar-refractivity contribution in [2.24, 2.45) is 5.41 Å². The summed E-state index contributed by atoms with van der Waals surface area (Å²) in [5, 5.41) is 9.71. The molecule has 110 valence electrons. The van der Waals surface area contributed by atoms with Gasteiger partial charge in [0.15, 0.2) is 0 Å². The number of nitrogens with zero attached hydrogens (tertiary/aromatic N) is 2. The highest BCUT2D eigenvalue weighted by Gasteiger charge is 2.41. The van der Waals surface area contributed by atoms with E-state index in [2.05, 4.69) is 48.0 Å². The Bertz CT molecular complexity index is 468. The molecule has 1 unspecified atom stereocenters. The quantitative estimate of drug-likeness (QED) is 0.912. The van der Waals surface area contributed by atoms with Crippen molar-refractivity contribution in [3.05, 3.63) is 24.3 Å². The van der Waals surface area contributed by atoms with Gasteiger partial charge in [-0.05, 0) is 25.5 Å². The number of benzene rings is 1. The third kappa shape index (κ3) is 2.27. The summed E-state index contributed by atoms with van der Waals surface area (Å²) >= 11 is 0. The van der Waals surface area contributed by atoms with E-state index in [1.54, 1.807) is 0 Å². The van der Waals surface area contributed by atoms with Gasteiger partial charge in [0, 0.05) is 26.2 Å². The summed E-state index contributed by atoms with van der Waals surface area (Å²) in [6, 6.07) is 9.05. The van der Waals surface area contributed by atoms with E-state index in [1.807, 2.05) is 0 Å². The van der Waals surface area contributed by atoms with Crippen molar-refractivity contribution in [1.29, 1.82) is 0 Å². The molecule has 2 aliphatic rings. The van der Waals surface area contributed by atoms with Gasteiger partial charge in [-0.15, -0.1) is 0 Å². The maximum absolute atomic E-state index is 9.71. The fraction of sp³-hybridized carbons (Fsp3) is 0.625. The van der Waals surface area contributed by atoms with Crippen LogP contribution in [0.1, 0.15) is 13.3 Å². The zero-order valence-electron chi connectivity index (χ0n) is 12.4. The summed E-state index contributed by atoms with van der Waals surface area (Å²) in [4.78, 5) is 4.78. The highest BCUT2D eigenvalue weighted by Crippen LogP contribution is 2.37. The fourth-order valence-corrected chi connectivity index (χ4v) is 3.15. The van der Waals surface area contributed by atoms with Crippen molar-refractivity contribution in [2.75, 3.05) is 49.8 Å². The Hall–Kier alpha value is -1.26. The van der Waals surface area contributed by atoms with Gasteiger partial charge in [-0.2, -0.15) is 0 Å². The SMILES string of the molecule is CC1CCN(C)c2ccccc2N1CC1(CO)COC1. The number of aliphatic hydroxyl groups excluding tert-OH is 1. The predicted octanol–water partition coefficient (Wildman–Crippen LogP) is 1.73. The second kappa shape index (κ2) is 5.26. The van der Waals surface area contributed by atoms with Crippen LogP contribution < -0.4 is 9.80 Å². The maximum Gasteiger partial charge on any atom is 0.0606 e. The summed E-state index contributed by atoms with van der Waals surface area (Å²) in [5.74, 6) is 0. The Balaban J connectivity index is 1.93. The lowest BCUT2D eigenvalue weighted by Crippen LogP contribution is -2.55. The van der Waals surface area contributed by atoms with Crippen molar-refractivity contribution >= 4 is 11.4 Å². The van der Waals surface area contributed by atoms with Crippen molar-refractivity contribution in [3.8, 4) is 0 Å². The van der Waals surface area contributed by atoms with E-state index in [0.29, 0.717) is 19.3 Å². The molecule has 4 nitrogen and oxygen atoms in total. The monoisotopic (exact) mass is 276 g/mol. The molecular weight excluding hydrogens is 252 g/mol. The van der Waals surface area contributed by atoms with Gasteiger partial charge in [0.05, 0.1) is 36.6 Å². The summed E-state index contributed by atoms with van der Waals surface area (Å²) in [6.07, 6.45) is 1.13. The average Bonchev–Trinajstić information content (AvgIpc) is 2.54. The lowest BCUT2D eigenvalue weighted by molar-refractivity contribution is -0.131. The van der Waals surface area contributed by atoms with Gasteiger partial charge in [-0.1, -0.05) is 12.1 Å². The second-order valence-electron chi connectivity index (χ2n) is 6.33. The molecule has 1 N–H and O–H groups in total. The molecule has 0 radical (unpaired) electrons. The van der Waals surface area contributed by atoms with Gasteiger partial charge in [0.2, 0.25) is 0 Å². The van der Waals surface area contributed by atoms with Crippen LogP contribution in [-0.4, -0.2) is 51.1 Å². The molecule has 3 rings (SSSR count). The van der Waals surface area contributed by atoms with E-state index < -0.39 is 0 Å². The summed E-state index contributed by atoms with van der Waals surface area (Å²) in [6.45, 7) is 5.76. The normalized spacial score (nSPS) is 24.9. The fourth-order valence-electron chi connectivity index (χ4n) is 3.15. The van der Waals surface area contributed by atoms with Crippen LogP contribution in [0, 0.1) is 5.41 Å². The molecule has 1 fully saturated rings. The molecule has 1 atom stereocenters. The van der Waals surface area contributed by atoms with E-state index in [1.165, 1.54) is 11.4 Å². The number of anilines is 2. The zero-order valence-corrected chi connectivity index (χ0v) is 12.4. The molecule has 1 aromatic rings. The van der Waals surface area contributed by atoms with Crippen LogP contribution in [0.4, 0.5) is 11.4 Å². The van der Waals surface area contributed by atoms with Crippen molar-refractivity contribution in [3.63, 3.8) is 0 Å². The van der Waals surface area contributed by atoms with Gasteiger partial charge < -0.3 is 19.6 Å². The van der Waals surface area contributed by atoms with Crippen molar-refractivity contribution in [1.82, 2.24) is 0 Å². The van der Waals surface area contributed by atoms with E-state index in [0.717, 1.165) is 19.5 Å². The Kier molecular flexibility index (Phi) is 3.61. The minimum Gasteiger partial charge on any atom is -0.396 e. The highest BCUT2D eigenvalue weighted by atomic mass is 16.5. The Morgan fingerprint density at radius 2 is 2.00 bits per heavy atom. The zero-order chi connectivity index (χ0) is 14.2. The average molecular weight is 276 g/mol. The molecule has 0 bridgehead atoms. The first kappa shape index (κ1) is 13.7. The van der Waals surface area contributed by atoms with Crippen molar-refractivity contribution < 1.29 is 9.84 Å². The summed E-state index contributed by atoms with van der Waals surface area (Å²) in [7, 11) is 2.16. The molecule has 2 aliphatic heterocycles. The summed E-state index contributed by atoms with van der Waals surface area (Å²) < 4.78 is 5.35. The van der Waals surface area contributed by atoms with Crippen LogP contribution in [0.15, 0.2) is 24.3 Å². The first-order valence-electron chi connectivity index (χ1n) is 7.41. The molecule has 2 heterocycles. The van der Waals surface area contributed by atoms with E-state index in [9.17, 15) is 5.11 Å². The maximum atomic E-state index is 9.71. The van der Waals surface area contributed by atoms with Crippen LogP contribution in [0.5, 0.6) is 0 Å². The molecule has 1 aromatic carbocycles. The van der Waals surface area contributed by atoms with Crippen LogP contribution in [0.25, 0.3) is 0 Å². The van der Waals surface area contributed by atoms with Crippen LogP contribution in [0.3, 0.4) is 0 Å². The number of hydrogen-bond donors (Lipinski definition) is 1. The minimum atomic E-state index is -0.0791. The Labute approximate surface area is 120 Å². The number of aliphatic hydroxyl groups is 1. The molecule has 0 saturated carbocycles. The number of ether oxygens (including phenoxy) is 1. The topological polar surface area (TPSA) is 35.9 Å². The standard InChI is InChI=1S/C16H24N2O2/c1-13-7-8-17(2)14-5-3-4-6-15(14)18(13)9-16(10-19)11-20-12-16/h3-6,13,19H,7-12H2,1-2H3. The van der Waals surface area contributed by atoms with Gasteiger partial charge in [-0.3, -0.25) is 0 Å². The minimum absolute atomic E-state index is 0.0791. The van der Waals surface area contributed by atoms with Crippen LogP contribution >= 0.6 is 0 Å². The Morgan fingerprint density at radius 3 is 2.60 bits per heavy atom. The van der Waals surface area contributed by atoms with Gasteiger partial charge in [-0.25, -0.2) is 0 Å². The molecule has 20 heavy (non-hydrogen) atoms. The van der Waals surface area contributed by atoms with Gasteiger partial charge in [0.25, 0.3) is 0 Å². The highest BCUT2D eigenvalue weighted by molar-refractivity contribution is 5.72. The first-order chi connectivity index (χ1) is 9.65. The molecule has 0 aromatic heterocycles. The molecule has 0 amide bonds. The lowest BCUT2D eigenvalue weighted by atomic mass is 9.85.